The number of methoxy groups -OCH3 is 2. The van der Waals surface area contributed by atoms with Crippen molar-refractivity contribution in [2.24, 2.45) is 0 Å². The van der Waals surface area contributed by atoms with Gasteiger partial charge in [0.25, 0.3) is 0 Å². The normalized spacial score (nSPS) is 12.2. The van der Waals surface area contributed by atoms with Crippen LogP contribution >= 0.6 is 0 Å². The zero-order valence-electron chi connectivity index (χ0n) is 26.5. The van der Waals surface area contributed by atoms with Gasteiger partial charge in [-0.2, -0.15) is 0 Å². The minimum absolute atomic E-state index is 0.245. The molecule has 0 saturated carbocycles. The van der Waals surface area contributed by atoms with Crippen molar-refractivity contribution >= 4 is 36.2 Å². The molecule has 0 atom stereocenters. The van der Waals surface area contributed by atoms with E-state index in [1.165, 1.54) is 36.5 Å². The highest BCUT2D eigenvalue weighted by atomic mass is 16.5. The molecule has 4 aromatic heterocycles. The number of hydrogen-bond donors (Lipinski definition) is 4. The van der Waals surface area contributed by atoms with Crippen molar-refractivity contribution in [2.75, 3.05) is 14.2 Å². The van der Waals surface area contributed by atoms with Gasteiger partial charge in [-0.25, -0.2) is 0 Å². The van der Waals surface area contributed by atoms with E-state index in [1.807, 2.05) is 0 Å². The largest absolute Gasteiger partial charge is 0.469 e. The first-order valence-electron chi connectivity index (χ1n) is 14.9. The molecule has 8 bridgehead atoms. The number of aromatic nitrogens is 4. The molecule has 4 N–H and O–H groups in total. The van der Waals surface area contributed by atoms with Gasteiger partial charge in [0, 0.05) is 57.0 Å². The molecule has 0 amide bonds. The predicted molar refractivity (Wildman–Crippen MR) is 170 cm³/mol. The van der Waals surface area contributed by atoms with Crippen molar-refractivity contribution in [3.05, 3.63) is 88.7 Å². The lowest BCUT2D eigenvalue weighted by Crippen LogP contribution is -2.14. The Morgan fingerprint density at radius 3 is 1.49 bits per heavy atom. The Hall–Kier alpha value is -4.46. The summed E-state index contributed by atoms with van der Waals surface area (Å²) in [6, 6.07) is 0. The van der Waals surface area contributed by atoms with Gasteiger partial charge in [0.15, 0.2) is 0 Å². The van der Waals surface area contributed by atoms with E-state index in [0.717, 1.165) is 72.8 Å². The topological polar surface area (TPSA) is 116 Å². The minimum atomic E-state index is -0.246. The molecule has 43 heavy (non-hydrogen) atoms. The highest BCUT2D eigenvalue weighted by Crippen LogP contribution is 2.23. The molecule has 1 aliphatic heterocycles. The smallest absolute Gasteiger partial charge is 0.305 e. The van der Waals surface area contributed by atoms with Crippen molar-refractivity contribution in [3.63, 3.8) is 0 Å². The van der Waals surface area contributed by atoms with Gasteiger partial charge in [-0.05, 0) is 123 Å². The summed E-state index contributed by atoms with van der Waals surface area (Å²) in [5.74, 6) is -0.490. The van der Waals surface area contributed by atoms with Crippen LogP contribution in [0.3, 0.4) is 0 Å². The molecular weight excluding hydrogens is 540 g/mol. The van der Waals surface area contributed by atoms with Crippen LogP contribution in [0.1, 0.15) is 87.0 Å². The Bertz CT molecular complexity index is 1980. The summed E-state index contributed by atoms with van der Waals surface area (Å²) in [4.78, 5) is 39.0. The molecule has 8 heteroatoms. The van der Waals surface area contributed by atoms with E-state index in [0.29, 0.717) is 12.8 Å². The van der Waals surface area contributed by atoms with Crippen molar-refractivity contribution < 1.29 is 19.1 Å². The Morgan fingerprint density at radius 1 is 0.535 bits per heavy atom. The third-order valence-electron chi connectivity index (χ3n) is 9.12. The number of H-pyrrole nitrogens is 4. The average Bonchev–Trinajstić information content (AvgIpc) is 3.64. The number of aromatic amines is 4. The van der Waals surface area contributed by atoms with Crippen LogP contribution in [0.5, 0.6) is 0 Å². The molecule has 0 aliphatic carbocycles. The third kappa shape index (κ3) is 5.66. The molecule has 0 spiro atoms. The van der Waals surface area contributed by atoms with E-state index < -0.39 is 0 Å². The Balaban J connectivity index is 1.86. The molecule has 5 heterocycles. The van der Waals surface area contributed by atoms with Gasteiger partial charge in [0.2, 0.25) is 0 Å². The summed E-state index contributed by atoms with van der Waals surface area (Å²) in [6.07, 6.45) is 11.2. The van der Waals surface area contributed by atoms with E-state index in [1.54, 1.807) is 0 Å². The van der Waals surface area contributed by atoms with Crippen molar-refractivity contribution in [1.82, 2.24) is 19.9 Å². The Labute approximate surface area is 251 Å². The van der Waals surface area contributed by atoms with E-state index in [-0.39, 0.29) is 24.8 Å². The molecule has 4 aromatic rings. The van der Waals surface area contributed by atoms with Crippen molar-refractivity contribution in [3.8, 4) is 0 Å². The van der Waals surface area contributed by atoms with E-state index in [2.05, 4.69) is 85.8 Å². The molecule has 0 fully saturated rings. The number of nitrogens with one attached hydrogen (secondary N) is 4. The van der Waals surface area contributed by atoms with Gasteiger partial charge in [-0.15, -0.1) is 0 Å². The highest BCUT2D eigenvalue weighted by Gasteiger charge is 2.17. The molecule has 0 unspecified atom stereocenters. The molecule has 0 saturated heterocycles. The number of fused-ring (bicyclic) bond motifs is 8. The van der Waals surface area contributed by atoms with Crippen LogP contribution in [0.25, 0.3) is 24.3 Å². The van der Waals surface area contributed by atoms with Crippen LogP contribution in [-0.2, 0) is 38.3 Å². The van der Waals surface area contributed by atoms with Crippen molar-refractivity contribution in [2.45, 2.75) is 73.6 Å². The lowest BCUT2D eigenvalue weighted by Gasteiger charge is -2.03. The second-order valence-corrected chi connectivity index (χ2v) is 11.5. The second kappa shape index (κ2) is 12.0. The maximum absolute atomic E-state index is 12.2. The second-order valence-electron chi connectivity index (χ2n) is 11.5. The molecule has 5 rings (SSSR count). The van der Waals surface area contributed by atoms with Crippen LogP contribution in [-0.4, -0.2) is 46.1 Å². The van der Waals surface area contributed by atoms with Crippen molar-refractivity contribution in [1.29, 1.82) is 0 Å². The number of carbonyl (C=O) groups excluding carboxylic acids is 2. The monoisotopic (exact) mass is 582 g/mol. The first-order valence-corrected chi connectivity index (χ1v) is 14.9. The molecule has 8 nitrogen and oxygen atoms in total. The zero-order chi connectivity index (χ0) is 31.0. The maximum Gasteiger partial charge on any atom is 0.305 e. The fourth-order valence-electron chi connectivity index (χ4n) is 6.20. The van der Waals surface area contributed by atoms with Gasteiger partial charge < -0.3 is 29.4 Å². The number of rotatable bonds is 7. The van der Waals surface area contributed by atoms with Gasteiger partial charge in [0.05, 0.1) is 14.2 Å². The number of esters is 2. The van der Waals surface area contributed by atoms with Crippen LogP contribution in [0.2, 0.25) is 0 Å². The van der Waals surface area contributed by atoms with Crippen LogP contribution in [0.4, 0.5) is 0 Å². The number of ether oxygens (including phenoxy) is 2. The lowest BCUT2D eigenvalue weighted by molar-refractivity contribution is -0.141. The van der Waals surface area contributed by atoms with Gasteiger partial charge in [-0.1, -0.05) is 6.92 Å². The standard InChI is InChI=1S/C35H42N4O4/c1-9-23-20(4)28-15-30-22(6)25(11-13-35(41)43-8)33(39-30)17-32-24(10-12-34(40)42-7)21(5)29(38-32)14-26-18(2)19(3)27(36-26)16-31(23)37-28/h14-17,36-39H,9-13H2,1-8H3. The fraction of sp³-hybridized carbons (Fsp3) is 0.371. The summed E-state index contributed by atoms with van der Waals surface area (Å²) in [6.45, 7) is 12.8. The molecule has 0 radical (unpaired) electrons. The quantitative estimate of drug-likeness (QED) is 0.221. The first kappa shape index (κ1) is 30.0. The first-order chi connectivity index (χ1) is 20.6. The highest BCUT2D eigenvalue weighted by molar-refractivity contribution is 5.71. The van der Waals surface area contributed by atoms with Gasteiger partial charge >= 0.3 is 11.9 Å². The van der Waals surface area contributed by atoms with E-state index in [9.17, 15) is 9.59 Å². The fourth-order valence-corrected chi connectivity index (χ4v) is 6.20. The summed E-state index contributed by atoms with van der Waals surface area (Å²) in [5.41, 5.74) is 13.2. The number of hydrogen-bond acceptors (Lipinski definition) is 4. The predicted octanol–water partition coefficient (Wildman–Crippen LogP) is 2.94. The molecule has 226 valence electrons. The number of carbonyl (C=O) groups is 2. The minimum Gasteiger partial charge on any atom is -0.469 e. The molecule has 0 aromatic carbocycles. The summed E-state index contributed by atoms with van der Waals surface area (Å²) in [7, 11) is 2.84. The Kier molecular flexibility index (Phi) is 8.40. The van der Waals surface area contributed by atoms with Crippen LogP contribution < -0.4 is 21.4 Å². The van der Waals surface area contributed by atoms with Crippen LogP contribution in [0.15, 0.2) is 0 Å². The van der Waals surface area contributed by atoms with E-state index >= 15 is 0 Å². The summed E-state index contributed by atoms with van der Waals surface area (Å²) in [5, 5.41) is 4.02. The summed E-state index contributed by atoms with van der Waals surface area (Å²) < 4.78 is 9.92. The van der Waals surface area contributed by atoms with Gasteiger partial charge in [0.1, 0.15) is 0 Å². The summed E-state index contributed by atoms with van der Waals surface area (Å²) >= 11 is 0. The van der Waals surface area contributed by atoms with Gasteiger partial charge in [-0.3, -0.25) is 9.59 Å². The lowest BCUT2D eigenvalue weighted by atomic mass is 10.0. The van der Waals surface area contributed by atoms with Crippen LogP contribution in [0, 0.1) is 34.6 Å². The Morgan fingerprint density at radius 2 is 0.953 bits per heavy atom. The maximum atomic E-state index is 12.2. The average molecular weight is 583 g/mol. The molecule has 1 aliphatic rings. The molecular formula is C35H42N4O4. The zero-order valence-corrected chi connectivity index (χ0v) is 26.5. The SMILES string of the molecule is CCc1c2[nH]c(c1C)C=c1[nH]c(c(CCC(=O)OC)c1C)=Cc1[nH]c(c(C)c1CCC(=O)OC)C=c1[nH]c(c(C)c1C)=C2. The van der Waals surface area contributed by atoms with E-state index in [4.69, 9.17) is 9.47 Å². The third-order valence-corrected chi connectivity index (χ3v) is 9.12.